The molecule has 0 radical (unpaired) electrons. The molecule has 0 fully saturated rings. The van der Waals surface area contributed by atoms with Crippen molar-refractivity contribution in [3.05, 3.63) is 46.3 Å². The Balaban J connectivity index is 1.66. The first-order chi connectivity index (χ1) is 11.1. The van der Waals surface area contributed by atoms with Crippen LogP contribution in [0, 0.1) is 5.82 Å². The molecule has 6 nitrogen and oxygen atoms in total. The summed E-state index contributed by atoms with van der Waals surface area (Å²) in [5.74, 6) is 0.589. The third-order valence-electron chi connectivity index (χ3n) is 3.69. The van der Waals surface area contributed by atoms with Crippen LogP contribution in [0.25, 0.3) is 0 Å². The average molecular weight is 339 g/mol. The average Bonchev–Trinajstić information content (AvgIpc) is 2.92. The number of methoxy groups -OCH3 is 1. The van der Waals surface area contributed by atoms with Gasteiger partial charge in [-0.3, -0.25) is 4.79 Å². The number of benzene rings is 1. The molecule has 2 aromatic rings. The van der Waals surface area contributed by atoms with Gasteiger partial charge in [-0.05, 0) is 24.6 Å². The number of rotatable bonds is 4. The highest BCUT2D eigenvalue weighted by Crippen LogP contribution is 2.17. The SMILES string of the molecule is COCc1nc2n(n1)CC(NC(=O)c1ccc(Cl)c(F)c1)CC2. The van der Waals surface area contributed by atoms with Gasteiger partial charge in [-0.15, -0.1) is 0 Å². The van der Waals surface area contributed by atoms with Gasteiger partial charge < -0.3 is 10.1 Å². The fourth-order valence-corrected chi connectivity index (χ4v) is 2.69. The number of hydrogen-bond donors (Lipinski definition) is 1. The van der Waals surface area contributed by atoms with Crippen LogP contribution in [-0.4, -0.2) is 33.8 Å². The van der Waals surface area contributed by atoms with E-state index in [1.165, 1.54) is 12.1 Å². The van der Waals surface area contributed by atoms with Crippen LogP contribution in [0.5, 0.6) is 0 Å². The number of amides is 1. The number of nitrogens with zero attached hydrogens (tertiary/aromatic N) is 3. The number of halogens is 2. The summed E-state index contributed by atoms with van der Waals surface area (Å²) in [6.07, 6.45) is 1.48. The lowest BCUT2D eigenvalue weighted by molar-refractivity contribution is 0.0925. The molecule has 0 bridgehead atoms. The highest BCUT2D eigenvalue weighted by atomic mass is 35.5. The molecule has 1 aromatic heterocycles. The number of nitrogens with one attached hydrogen (secondary N) is 1. The molecule has 1 aliphatic rings. The van der Waals surface area contributed by atoms with Crippen LogP contribution in [-0.2, 0) is 24.3 Å². The zero-order valence-corrected chi connectivity index (χ0v) is 13.3. The van der Waals surface area contributed by atoms with Crippen molar-refractivity contribution >= 4 is 17.5 Å². The van der Waals surface area contributed by atoms with Crippen molar-refractivity contribution in [3.8, 4) is 0 Å². The third kappa shape index (κ3) is 3.51. The van der Waals surface area contributed by atoms with Crippen molar-refractivity contribution in [2.45, 2.75) is 32.0 Å². The second-order valence-corrected chi connectivity index (χ2v) is 5.80. The molecule has 2 heterocycles. The minimum Gasteiger partial charge on any atom is -0.377 e. The first-order valence-corrected chi connectivity index (χ1v) is 7.62. The van der Waals surface area contributed by atoms with Crippen molar-refractivity contribution < 1.29 is 13.9 Å². The zero-order chi connectivity index (χ0) is 16.4. The molecular formula is C15H16ClFN4O2. The topological polar surface area (TPSA) is 69.0 Å². The first kappa shape index (κ1) is 15.9. The van der Waals surface area contributed by atoms with Crippen molar-refractivity contribution in [1.29, 1.82) is 0 Å². The second kappa shape index (κ2) is 6.64. The molecule has 1 atom stereocenters. The van der Waals surface area contributed by atoms with Crippen molar-refractivity contribution in [2.75, 3.05) is 7.11 Å². The highest BCUT2D eigenvalue weighted by molar-refractivity contribution is 6.30. The van der Waals surface area contributed by atoms with E-state index in [0.717, 1.165) is 24.7 Å². The molecule has 23 heavy (non-hydrogen) atoms. The lowest BCUT2D eigenvalue weighted by Crippen LogP contribution is -2.41. The van der Waals surface area contributed by atoms with Gasteiger partial charge in [-0.25, -0.2) is 14.1 Å². The standard InChI is InChI=1S/C15H16ClFN4O2/c1-23-8-13-19-14-5-3-10(7-21(14)20-13)18-15(22)9-2-4-11(16)12(17)6-9/h2,4,6,10H,3,5,7-8H2,1H3,(H,18,22). The van der Waals surface area contributed by atoms with Crippen LogP contribution in [0.1, 0.15) is 28.4 Å². The lowest BCUT2D eigenvalue weighted by Gasteiger charge is -2.23. The predicted molar refractivity (Wildman–Crippen MR) is 81.7 cm³/mol. The molecule has 1 aromatic carbocycles. The number of carbonyl (C=O) groups excluding carboxylic acids is 1. The van der Waals surface area contributed by atoms with Gasteiger partial charge in [0.05, 0.1) is 11.6 Å². The minimum atomic E-state index is -0.606. The summed E-state index contributed by atoms with van der Waals surface area (Å²) in [7, 11) is 1.59. The van der Waals surface area contributed by atoms with Crippen molar-refractivity contribution in [3.63, 3.8) is 0 Å². The Kier molecular flexibility index (Phi) is 4.58. The van der Waals surface area contributed by atoms with E-state index in [-0.39, 0.29) is 22.5 Å². The van der Waals surface area contributed by atoms with Gasteiger partial charge in [0.25, 0.3) is 5.91 Å². The summed E-state index contributed by atoms with van der Waals surface area (Å²) in [6.45, 7) is 0.898. The van der Waals surface area contributed by atoms with Crippen LogP contribution in [0.2, 0.25) is 5.02 Å². The Morgan fingerprint density at radius 1 is 1.57 bits per heavy atom. The molecule has 1 N–H and O–H groups in total. The molecule has 0 spiro atoms. The fourth-order valence-electron chi connectivity index (χ4n) is 2.57. The Labute approximate surface area is 137 Å². The van der Waals surface area contributed by atoms with Crippen LogP contribution in [0.4, 0.5) is 4.39 Å². The Hall–Kier alpha value is -1.99. The van der Waals surface area contributed by atoms with E-state index in [2.05, 4.69) is 15.4 Å². The maximum atomic E-state index is 13.4. The molecule has 122 valence electrons. The summed E-state index contributed by atoms with van der Waals surface area (Å²) in [4.78, 5) is 16.6. The monoisotopic (exact) mass is 338 g/mol. The van der Waals surface area contributed by atoms with Gasteiger partial charge in [0, 0.05) is 25.1 Å². The summed E-state index contributed by atoms with van der Waals surface area (Å²) >= 11 is 5.63. The number of fused-ring (bicyclic) bond motifs is 1. The van der Waals surface area contributed by atoms with Gasteiger partial charge in [0.1, 0.15) is 18.2 Å². The maximum absolute atomic E-state index is 13.4. The summed E-state index contributed by atoms with van der Waals surface area (Å²) < 4.78 is 20.2. The van der Waals surface area contributed by atoms with E-state index in [4.69, 9.17) is 16.3 Å². The Morgan fingerprint density at radius 2 is 2.39 bits per heavy atom. The molecule has 0 saturated carbocycles. The minimum absolute atomic E-state index is 0.00264. The number of aryl methyl sites for hydroxylation is 1. The number of aromatic nitrogens is 3. The van der Waals surface area contributed by atoms with E-state index in [1.54, 1.807) is 11.8 Å². The molecular weight excluding hydrogens is 323 g/mol. The van der Waals surface area contributed by atoms with Gasteiger partial charge in [-0.1, -0.05) is 11.6 Å². The molecule has 1 aliphatic heterocycles. The largest absolute Gasteiger partial charge is 0.377 e. The summed E-state index contributed by atoms with van der Waals surface area (Å²) in [5, 5.41) is 7.24. The first-order valence-electron chi connectivity index (χ1n) is 7.24. The van der Waals surface area contributed by atoms with Gasteiger partial charge in [0.2, 0.25) is 0 Å². The summed E-state index contributed by atoms with van der Waals surface area (Å²) in [5.41, 5.74) is 0.247. The normalized spacial score (nSPS) is 16.9. The summed E-state index contributed by atoms with van der Waals surface area (Å²) in [6, 6.07) is 3.93. The van der Waals surface area contributed by atoms with Crippen LogP contribution < -0.4 is 5.32 Å². The van der Waals surface area contributed by atoms with Crippen LogP contribution >= 0.6 is 11.6 Å². The molecule has 0 saturated heterocycles. The molecule has 1 amide bonds. The van der Waals surface area contributed by atoms with Gasteiger partial charge in [-0.2, -0.15) is 5.10 Å². The number of hydrogen-bond acceptors (Lipinski definition) is 4. The molecule has 0 aliphatic carbocycles. The number of ether oxygens (including phenoxy) is 1. The molecule has 8 heteroatoms. The van der Waals surface area contributed by atoms with Crippen molar-refractivity contribution in [2.24, 2.45) is 0 Å². The zero-order valence-electron chi connectivity index (χ0n) is 12.6. The second-order valence-electron chi connectivity index (χ2n) is 5.40. The quantitative estimate of drug-likeness (QED) is 0.925. The predicted octanol–water partition coefficient (Wildman–Crippen LogP) is 1.96. The van der Waals surface area contributed by atoms with Crippen LogP contribution in [0.3, 0.4) is 0 Å². The van der Waals surface area contributed by atoms with Gasteiger partial charge >= 0.3 is 0 Å². The molecule has 1 unspecified atom stereocenters. The molecule has 3 rings (SSSR count). The Bertz CT molecular complexity index is 734. The van der Waals surface area contributed by atoms with E-state index in [9.17, 15) is 9.18 Å². The third-order valence-corrected chi connectivity index (χ3v) is 4.00. The van der Waals surface area contributed by atoms with Crippen LogP contribution in [0.15, 0.2) is 18.2 Å². The van der Waals surface area contributed by atoms with Gasteiger partial charge in [0.15, 0.2) is 5.82 Å². The smallest absolute Gasteiger partial charge is 0.251 e. The van der Waals surface area contributed by atoms with E-state index >= 15 is 0 Å². The van der Waals surface area contributed by atoms with E-state index in [0.29, 0.717) is 19.0 Å². The highest BCUT2D eigenvalue weighted by Gasteiger charge is 2.23. The lowest BCUT2D eigenvalue weighted by atomic mass is 10.1. The Morgan fingerprint density at radius 3 is 3.13 bits per heavy atom. The fraction of sp³-hybridized carbons (Fsp3) is 0.400. The van der Waals surface area contributed by atoms with E-state index < -0.39 is 5.82 Å². The van der Waals surface area contributed by atoms with E-state index in [1.807, 2.05) is 0 Å². The van der Waals surface area contributed by atoms with Crippen molar-refractivity contribution in [1.82, 2.24) is 20.1 Å². The number of carbonyl (C=O) groups is 1. The maximum Gasteiger partial charge on any atom is 0.251 e.